The Balaban J connectivity index is 1.38. The summed E-state index contributed by atoms with van der Waals surface area (Å²) in [7, 11) is -2.16. The van der Waals surface area contributed by atoms with Crippen LogP contribution in [0.25, 0.3) is 0 Å². The molecule has 1 fully saturated rings. The first kappa shape index (κ1) is 31.5. The predicted octanol–water partition coefficient (Wildman–Crippen LogP) is 6.86. The fraction of sp³-hybridized carbons (Fsp3) is 0.500. The van der Waals surface area contributed by atoms with Crippen LogP contribution in [0.1, 0.15) is 97.7 Å². The summed E-state index contributed by atoms with van der Waals surface area (Å²) in [5.41, 5.74) is 5.53. The third-order valence-corrected chi connectivity index (χ3v) is 9.05. The highest BCUT2D eigenvalue weighted by Gasteiger charge is 2.29. The zero-order valence-electron chi connectivity index (χ0n) is 26.6. The van der Waals surface area contributed by atoms with Crippen LogP contribution in [0.4, 0.5) is 17.1 Å². The number of aromatic nitrogens is 2. The number of carbonyl (C=O) groups is 1. The maximum atomic E-state index is 13.6. The minimum absolute atomic E-state index is 0.144. The SMILES string of the molecule is COc1c(NC(=O)c2ccc(C)c(N3CC(c4cnn(C5CCCCC5)c4C)N=N3)c2)cc(C(C)(C)C)cc1NS(C)(=O)=O. The summed E-state index contributed by atoms with van der Waals surface area (Å²) in [4.78, 5) is 13.6. The monoisotopic (exact) mass is 621 g/mol. The van der Waals surface area contributed by atoms with Crippen molar-refractivity contribution in [2.75, 3.05) is 35.0 Å². The summed E-state index contributed by atoms with van der Waals surface area (Å²) in [5.74, 6) is -0.136. The Labute approximate surface area is 260 Å². The van der Waals surface area contributed by atoms with Gasteiger partial charge in [0, 0.05) is 16.8 Å². The van der Waals surface area contributed by atoms with Gasteiger partial charge in [-0.05, 0) is 67.5 Å². The number of methoxy groups -OCH3 is 1. The van der Waals surface area contributed by atoms with Gasteiger partial charge < -0.3 is 10.1 Å². The van der Waals surface area contributed by atoms with E-state index >= 15 is 0 Å². The molecule has 2 N–H and O–H groups in total. The van der Waals surface area contributed by atoms with Gasteiger partial charge in [0.25, 0.3) is 5.91 Å². The van der Waals surface area contributed by atoms with Crippen LogP contribution in [0.2, 0.25) is 0 Å². The van der Waals surface area contributed by atoms with Crippen molar-refractivity contribution in [3.8, 4) is 5.75 Å². The Morgan fingerprint density at radius 1 is 1.05 bits per heavy atom. The summed E-state index contributed by atoms with van der Waals surface area (Å²) in [6.07, 6.45) is 9.11. The number of amides is 1. The summed E-state index contributed by atoms with van der Waals surface area (Å²) < 4.78 is 34.5. The highest BCUT2D eigenvalue weighted by Crippen LogP contribution is 2.40. The van der Waals surface area contributed by atoms with Crippen LogP contribution in [-0.2, 0) is 15.4 Å². The lowest BCUT2D eigenvalue weighted by Gasteiger charge is -2.24. The van der Waals surface area contributed by atoms with Gasteiger partial charge in [-0.25, -0.2) is 13.4 Å². The molecule has 236 valence electrons. The molecule has 44 heavy (non-hydrogen) atoms. The molecule has 0 radical (unpaired) electrons. The zero-order valence-corrected chi connectivity index (χ0v) is 27.5. The standard InChI is InChI=1S/C32H43N7O4S/c1-20-13-14-22(31(40)34-26-16-23(32(3,4)5)17-27(30(26)43-6)36-44(7,41)42)15-29(20)38-19-28(35-37-38)25-18-33-39(21(25)2)24-11-9-8-10-12-24/h13-18,24,28,36H,8-12,19H2,1-7H3,(H,34,40). The minimum Gasteiger partial charge on any atom is -0.492 e. The van der Waals surface area contributed by atoms with E-state index in [2.05, 4.69) is 32.0 Å². The second-order valence-corrected chi connectivity index (χ2v) is 14.7. The van der Waals surface area contributed by atoms with Gasteiger partial charge in [-0.15, -0.1) is 0 Å². The number of sulfonamides is 1. The molecule has 0 bridgehead atoms. The molecule has 1 amide bonds. The fourth-order valence-corrected chi connectivity index (χ4v) is 6.55. The summed E-state index contributed by atoms with van der Waals surface area (Å²) >= 11 is 0. The van der Waals surface area contributed by atoms with E-state index in [0.29, 0.717) is 23.8 Å². The van der Waals surface area contributed by atoms with Gasteiger partial charge in [-0.1, -0.05) is 51.3 Å². The van der Waals surface area contributed by atoms with Crippen LogP contribution in [0, 0.1) is 13.8 Å². The molecule has 0 saturated heterocycles. The Morgan fingerprint density at radius 2 is 1.75 bits per heavy atom. The molecule has 1 aliphatic heterocycles. The first-order valence-electron chi connectivity index (χ1n) is 15.1. The molecule has 1 aromatic heterocycles. The van der Waals surface area contributed by atoms with E-state index in [1.54, 1.807) is 18.2 Å². The summed E-state index contributed by atoms with van der Waals surface area (Å²) in [6, 6.07) is 9.30. The topological polar surface area (TPSA) is 130 Å². The van der Waals surface area contributed by atoms with Crippen LogP contribution in [0.5, 0.6) is 5.75 Å². The number of anilines is 3. The summed E-state index contributed by atoms with van der Waals surface area (Å²) in [5, 5.41) is 18.6. The van der Waals surface area contributed by atoms with E-state index < -0.39 is 10.0 Å². The third-order valence-electron chi connectivity index (χ3n) is 8.46. The Bertz CT molecular complexity index is 1680. The number of hydrogen-bond donors (Lipinski definition) is 2. The van der Waals surface area contributed by atoms with Crippen molar-refractivity contribution in [2.45, 2.75) is 84.2 Å². The largest absolute Gasteiger partial charge is 0.492 e. The number of aryl methyl sites for hydroxylation is 1. The van der Waals surface area contributed by atoms with Crippen LogP contribution in [-0.4, -0.2) is 44.0 Å². The Kier molecular flexibility index (Phi) is 8.75. The molecule has 2 aromatic carbocycles. The van der Waals surface area contributed by atoms with E-state index in [1.807, 2.05) is 51.0 Å². The van der Waals surface area contributed by atoms with Crippen LogP contribution in [0.15, 0.2) is 46.9 Å². The van der Waals surface area contributed by atoms with E-state index in [4.69, 9.17) is 9.84 Å². The number of nitrogens with one attached hydrogen (secondary N) is 2. The van der Waals surface area contributed by atoms with Gasteiger partial charge in [0.1, 0.15) is 6.04 Å². The summed E-state index contributed by atoms with van der Waals surface area (Å²) in [6.45, 7) is 10.7. The highest BCUT2D eigenvalue weighted by molar-refractivity contribution is 7.92. The number of benzene rings is 2. The Morgan fingerprint density at radius 3 is 2.41 bits per heavy atom. The molecular formula is C32H43N7O4S. The van der Waals surface area contributed by atoms with Crippen LogP contribution in [0.3, 0.4) is 0 Å². The molecule has 0 spiro atoms. The smallest absolute Gasteiger partial charge is 0.255 e. The molecule has 1 unspecified atom stereocenters. The van der Waals surface area contributed by atoms with Gasteiger partial charge in [-0.2, -0.15) is 10.2 Å². The number of carbonyl (C=O) groups excluding carboxylic acids is 1. The molecular weight excluding hydrogens is 578 g/mol. The average molecular weight is 622 g/mol. The second-order valence-electron chi connectivity index (χ2n) is 12.9. The van der Waals surface area contributed by atoms with E-state index in [-0.39, 0.29) is 28.8 Å². The van der Waals surface area contributed by atoms with Crippen molar-refractivity contribution >= 4 is 33.0 Å². The lowest BCUT2D eigenvalue weighted by Crippen LogP contribution is -2.20. The zero-order chi connectivity index (χ0) is 31.8. The molecule has 1 atom stereocenters. The van der Waals surface area contributed by atoms with Crippen molar-refractivity contribution in [2.24, 2.45) is 10.3 Å². The molecule has 1 aliphatic carbocycles. The van der Waals surface area contributed by atoms with Gasteiger partial charge in [-0.3, -0.25) is 14.2 Å². The highest BCUT2D eigenvalue weighted by atomic mass is 32.2. The second kappa shape index (κ2) is 12.2. The lowest BCUT2D eigenvalue weighted by atomic mass is 9.86. The van der Waals surface area contributed by atoms with E-state index in [0.717, 1.165) is 47.2 Å². The minimum atomic E-state index is -3.59. The van der Waals surface area contributed by atoms with Crippen molar-refractivity contribution in [3.05, 3.63) is 64.5 Å². The maximum Gasteiger partial charge on any atom is 0.255 e. The van der Waals surface area contributed by atoms with Crippen molar-refractivity contribution in [3.63, 3.8) is 0 Å². The average Bonchev–Trinajstić information content (AvgIpc) is 3.59. The first-order chi connectivity index (χ1) is 20.7. The van der Waals surface area contributed by atoms with E-state index in [1.165, 1.54) is 26.4 Å². The molecule has 2 aliphatic rings. The van der Waals surface area contributed by atoms with Gasteiger partial charge in [0.05, 0.1) is 49.2 Å². The molecule has 1 saturated carbocycles. The predicted molar refractivity (Wildman–Crippen MR) is 173 cm³/mol. The lowest BCUT2D eigenvalue weighted by molar-refractivity contribution is 0.102. The van der Waals surface area contributed by atoms with Crippen LogP contribution >= 0.6 is 0 Å². The quantitative estimate of drug-likeness (QED) is 0.283. The van der Waals surface area contributed by atoms with Crippen molar-refractivity contribution < 1.29 is 17.9 Å². The van der Waals surface area contributed by atoms with Gasteiger partial charge >= 0.3 is 0 Å². The van der Waals surface area contributed by atoms with Crippen LogP contribution < -0.4 is 19.8 Å². The molecule has 5 rings (SSSR count). The first-order valence-corrected chi connectivity index (χ1v) is 17.0. The van der Waals surface area contributed by atoms with Crippen molar-refractivity contribution in [1.29, 1.82) is 0 Å². The number of ether oxygens (including phenoxy) is 1. The maximum absolute atomic E-state index is 13.6. The molecule has 2 heterocycles. The Hall–Kier alpha value is -3.93. The van der Waals surface area contributed by atoms with E-state index in [9.17, 15) is 13.2 Å². The fourth-order valence-electron chi connectivity index (χ4n) is 6.00. The molecule has 3 aromatic rings. The normalized spacial score (nSPS) is 17.6. The third kappa shape index (κ3) is 6.74. The molecule has 11 nitrogen and oxygen atoms in total. The number of rotatable bonds is 8. The molecule has 12 heteroatoms. The number of nitrogens with zero attached hydrogens (tertiary/aromatic N) is 5. The van der Waals surface area contributed by atoms with Crippen molar-refractivity contribution in [1.82, 2.24) is 9.78 Å². The van der Waals surface area contributed by atoms with Gasteiger partial charge in [0.15, 0.2) is 5.75 Å². The van der Waals surface area contributed by atoms with Gasteiger partial charge in [0.2, 0.25) is 10.0 Å². The number of hydrogen-bond acceptors (Lipinski definition) is 8.